The van der Waals surface area contributed by atoms with Crippen molar-refractivity contribution in [1.29, 1.82) is 0 Å². The summed E-state index contributed by atoms with van der Waals surface area (Å²) in [4.78, 5) is 0. The van der Waals surface area contributed by atoms with Gasteiger partial charge in [-0.2, -0.15) is 0 Å². The highest BCUT2D eigenvalue weighted by atomic mass is 79.9. The third-order valence-corrected chi connectivity index (χ3v) is 4.51. The number of hydrogen-bond donors (Lipinski definition) is 2. The van der Waals surface area contributed by atoms with E-state index in [9.17, 15) is 17.2 Å². The molecule has 20 heavy (non-hydrogen) atoms. The van der Waals surface area contributed by atoms with Gasteiger partial charge in [-0.15, -0.1) is 0 Å². The molecular weight excluding hydrogens is 354 g/mol. The Hall–Kier alpha value is -0.730. The van der Waals surface area contributed by atoms with Crippen molar-refractivity contribution in [1.82, 2.24) is 5.32 Å². The van der Waals surface area contributed by atoms with Crippen LogP contribution in [0, 0.1) is 11.6 Å². The van der Waals surface area contributed by atoms with Crippen LogP contribution >= 0.6 is 15.9 Å². The first-order chi connectivity index (χ1) is 9.35. The van der Waals surface area contributed by atoms with Crippen molar-refractivity contribution in [3.05, 3.63) is 28.2 Å². The van der Waals surface area contributed by atoms with Gasteiger partial charge in [-0.25, -0.2) is 17.2 Å². The zero-order valence-electron chi connectivity index (χ0n) is 11.0. The van der Waals surface area contributed by atoms with Crippen molar-refractivity contribution < 1.29 is 17.2 Å². The van der Waals surface area contributed by atoms with Crippen LogP contribution < -0.4 is 10.0 Å². The van der Waals surface area contributed by atoms with E-state index in [0.29, 0.717) is 12.8 Å². The topological polar surface area (TPSA) is 58.2 Å². The van der Waals surface area contributed by atoms with E-state index in [1.807, 2.05) is 6.92 Å². The highest BCUT2D eigenvalue weighted by Gasteiger charge is 2.15. The van der Waals surface area contributed by atoms with Crippen LogP contribution in [-0.4, -0.2) is 27.3 Å². The lowest BCUT2D eigenvalue weighted by atomic mass is 10.3. The predicted octanol–water partition coefficient (Wildman–Crippen LogP) is 2.86. The van der Waals surface area contributed by atoms with Gasteiger partial charge in [0.15, 0.2) is 0 Å². The molecular formula is C12H17BrF2N2O2S. The summed E-state index contributed by atoms with van der Waals surface area (Å²) >= 11 is 2.83. The van der Waals surface area contributed by atoms with E-state index < -0.39 is 21.7 Å². The molecule has 114 valence electrons. The molecule has 0 amide bonds. The fourth-order valence-electron chi connectivity index (χ4n) is 1.54. The normalized spacial score (nSPS) is 11.6. The van der Waals surface area contributed by atoms with Crippen molar-refractivity contribution >= 4 is 31.6 Å². The zero-order chi connectivity index (χ0) is 15.2. The summed E-state index contributed by atoms with van der Waals surface area (Å²) in [5.41, 5.74) is -0.377. The van der Waals surface area contributed by atoms with Gasteiger partial charge in [0.05, 0.1) is 15.9 Å². The van der Waals surface area contributed by atoms with Gasteiger partial charge in [0, 0.05) is 6.07 Å². The molecule has 8 heteroatoms. The minimum Gasteiger partial charge on any atom is -0.317 e. The summed E-state index contributed by atoms with van der Waals surface area (Å²) in [6.45, 7) is 3.52. The molecule has 1 rings (SSSR count). The largest absolute Gasteiger partial charge is 0.317 e. The fraction of sp³-hybridized carbons (Fsp3) is 0.500. The summed E-state index contributed by atoms with van der Waals surface area (Å²) < 4.78 is 52.3. The highest BCUT2D eigenvalue weighted by molar-refractivity contribution is 9.10. The molecule has 0 aliphatic rings. The quantitative estimate of drug-likeness (QED) is 0.546. The average Bonchev–Trinajstić information content (AvgIpc) is 2.35. The predicted molar refractivity (Wildman–Crippen MR) is 79.2 cm³/mol. The first-order valence-corrected chi connectivity index (χ1v) is 8.66. The molecule has 0 atom stereocenters. The first-order valence-electron chi connectivity index (χ1n) is 6.21. The fourth-order valence-corrected chi connectivity index (χ4v) is 3.03. The monoisotopic (exact) mass is 370 g/mol. The van der Waals surface area contributed by atoms with Gasteiger partial charge in [-0.1, -0.05) is 6.92 Å². The third-order valence-electron chi connectivity index (χ3n) is 2.54. The molecule has 4 nitrogen and oxygen atoms in total. The Balaban J connectivity index is 2.60. The van der Waals surface area contributed by atoms with Crippen LogP contribution in [-0.2, 0) is 10.0 Å². The van der Waals surface area contributed by atoms with E-state index >= 15 is 0 Å². The molecule has 1 aromatic rings. The van der Waals surface area contributed by atoms with Crippen molar-refractivity contribution in [2.24, 2.45) is 0 Å². The van der Waals surface area contributed by atoms with E-state index in [0.717, 1.165) is 25.2 Å². The Kier molecular flexibility index (Phi) is 6.84. The van der Waals surface area contributed by atoms with Gasteiger partial charge < -0.3 is 5.32 Å². The van der Waals surface area contributed by atoms with Crippen LogP contribution in [0.3, 0.4) is 0 Å². The maximum atomic E-state index is 13.5. The number of sulfonamides is 1. The lowest BCUT2D eigenvalue weighted by molar-refractivity contribution is 0.587. The minimum atomic E-state index is -3.67. The van der Waals surface area contributed by atoms with Crippen molar-refractivity contribution in [2.75, 3.05) is 23.6 Å². The highest BCUT2D eigenvalue weighted by Crippen LogP contribution is 2.24. The van der Waals surface area contributed by atoms with Crippen molar-refractivity contribution in [3.63, 3.8) is 0 Å². The van der Waals surface area contributed by atoms with Gasteiger partial charge in [0.1, 0.15) is 11.6 Å². The molecule has 0 heterocycles. The molecule has 0 aromatic heterocycles. The standard InChI is InChI=1S/C12H17BrF2N2O2S/c1-2-16-5-3-4-6-20(18,19)17-12-8-10(14)9(13)7-11(12)15/h7-8,16-17H,2-6H2,1H3. The van der Waals surface area contributed by atoms with Gasteiger partial charge in [-0.05, 0) is 47.9 Å². The Labute approximate surface area is 126 Å². The minimum absolute atomic E-state index is 0.0522. The van der Waals surface area contributed by atoms with E-state index in [1.54, 1.807) is 0 Å². The number of unbranched alkanes of at least 4 members (excludes halogenated alkanes) is 1. The van der Waals surface area contributed by atoms with Gasteiger partial charge in [0.2, 0.25) is 10.0 Å². The molecule has 0 bridgehead atoms. The Morgan fingerprint density at radius 1 is 1.20 bits per heavy atom. The van der Waals surface area contributed by atoms with Crippen LogP contribution in [0.25, 0.3) is 0 Å². The number of nitrogens with one attached hydrogen (secondary N) is 2. The summed E-state index contributed by atoms with van der Waals surface area (Å²) in [6.07, 6.45) is 1.15. The van der Waals surface area contributed by atoms with Crippen molar-refractivity contribution in [2.45, 2.75) is 19.8 Å². The molecule has 0 radical (unpaired) electrons. The van der Waals surface area contributed by atoms with E-state index in [4.69, 9.17) is 0 Å². The van der Waals surface area contributed by atoms with Gasteiger partial charge >= 0.3 is 0 Å². The zero-order valence-corrected chi connectivity index (χ0v) is 13.5. The second-order valence-corrected chi connectivity index (χ2v) is 6.92. The number of halogens is 3. The maximum absolute atomic E-state index is 13.5. The lowest BCUT2D eigenvalue weighted by Crippen LogP contribution is -2.20. The van der Waals surface area contributed by atoms with Crippen LogP contribution in [0.4, 0.5) is 14.5 Å². The first kappa shape index (κ1) is 17.3. The SMILES string of the molecule is CCNCCCCS(=O)(=O)Nc1cc(F)c(Br)cc1F. The molecule has 0 saturated heterocycles. The van der Waals surface area contributed by atoms with Gasteiger partial charge in [-0.3, -0.25) is 4.72 Å². The van der Waals surface area contributed by atoms with Crippen LogP contribution in [0.15, 0.2) is 16.6 Å². The second kappa shape index (κ2) is 7.90. The number of benzene rings is 1. The molecule has 0 aliphatic carbocycles. The molecule has 0 aliphatic heterocycles. The Morgan fingerprint density at radius 3 is 2.55 bits per heavy atom. The number of hydrogen-bond acceptors (Lipinski definition) is 3. The summed E-state index contributed by atoms with van der Waals surface area (Å²) in [7, 11) is -3.67. The lowest BCUT2D eigenvalue weighted by Gasteiger charge is -2.09. The molecule has 1 aromatic carbocycles. The summed E-state index contributed by atoms with van der Waals surface area (Å²) in [5.74, 6) is -1.68. The van der Waals surface area contributed by atoms with Gasteiger partial charge in [0.25, 0.3) is 0 Å². The average molecular weight is 371 g/mol. The second-order valence-electron chi connectivity index (χ2n) is 4.23. The number of anilines is 1. The van der Waals surface area contributed by atoms with E-state index in [-0.39, 0.29) is 15.9 Å². The van der Waals surface area contributed by atoms with Crippen LogP contribution in [0.1, 0.15) is 19.8 Å². The smallest absolute Gasteiger partial charge is 0.232 e. The van der Waals surface area contributed by atoms with Crippen molar-refractivity contribution in [3.8, 4) is 0 Å². The summed E-state index contributed by atoms with van der Waals surface area (Å²) in [6, 6.07) is 1.70. The third kappa shape index (κ3) is 5.72. The maximum Gasteiger partial charge on any atom is 0.232 e. The molecule has 0 fully saturated rings. The molecule has 0 spiro atoms. The van der Waals surface area contributed by atoms with E-state index in [1.165, 1.54) is 0 Å². The van der Waals surface area contributed by atoms with E-state index in [2.05, 4.69) is 26.0 Å². The summed E-state index contributed by atoms with van der Waals surface area (Å²) in [5, 5.41) is 3.08. The number of rotatable bonds is 8. The Bertz CT molecular complexity index is 553. The molecule has 2 N–H and O–H groups in total. The van der Waals surface area contributed by atoms with Crippen LogP contribution in [0.2, 0.25) is 0 Å². The van der Waals surface area contributed by atoms with Crippen LogP contribution in [0.5, 0.6) is 0 Å². The molecule has 0 saturated carbocycles. The molecule has 0 unspecified atom stereocenters. The Morgan fingerprint density at radius 2 is 1.90 bits per heavy atom.